The largest absolute Gasteiger partial charge is 0.342 e. The fourth-order valence-corrected chi connectivity index (χ4v) is 2.95. The van der Waals surface area contributed by atoms with E-state index in [9.17, 15) is 9.59 Å². The quantitative estimate of drug-likeness (QED) is 0.921. The maximum atomic E-state index is 12.0. The fraction of sp³-hybridized carbons (Fsp3) is 0.571. The van der Waals surface area contributed by atoms with Gasteiger partial charge in [-0.15, -0.1) is 11.3 Å². The third kappa shape index (κ3) is 3.80. The van der Waals surface area contributed by atoms with Gasteiger partial charge in [0.15, 0.2) is 0 Å². The van der Waals surface area contributed by atoms with E-state index in [0.29, 0.717) is 10.8 Å². The second-order valence-corrected chi connectivity index (χ2v) is 6.44. The van der Waals surface area contributed by atoms with Crippen LogP contribution in [0.25, 0.3) is 0 Å². The van der Waals surface area contributed by atoms with Gasteiger partial charge in [-0.25, -0.2) is 0 Å². The Morgan fingerprint density at radius 2 is 2.05 bits per heavy atom. The number of thiophene rings is 1. The van der Waals surface area contributed by atoms with Crippen LogP contribution in [0.5, 0.6) is 0 Å². The van der Waals surface area contributed by atoms with Crippen LogP contribution in [0.1, 0.15) is 34.3 Å². The second-order valence-electron chi connectivity index (χ2n) is 5.16. The Balaban J connectivity index is 1.79. The predicted molar refractivity (Wildman–Crippen MR) is 76.4 cm³/mol. The van der Waals surface area contributed by atoms with Crippen LogP contribution in [-0.4, -0.2) is 36.3 Å². The van der Waals surface area contributed by atoms with Crippen molar-refractivity contribution in [2.45, 2.75) is 26.7 Å². The lowest BCUT2D eigenvalue weighted by molar-refractivity contribution is -0.131. The summed E-state index contributed by atoms with van der Waals surface area (Å²) >= 11 is 1.45. The van der Waals surface area contributed by atoms with E-state index in [2.05, 4.69) is 12.2 Å². The number of carbonyl (C=O) groups is 2. The summed E-state index contributed by atoms with van der Waals surface area (Å²) in [5.41, 5.74) is 0. The van der Waals surface area contributed by atoms with Crippen molar-refractivity contribution in [1.82, 2.24) is 10.2 Å². The van der Waals surface area contributed by atoms with Crippen molar-refractivity contribution in [3.8, 4) is 0 Å². The molecule has 0 bridgehead atoms. The summed E-state index contributed by atoms with van der Waals surface area (Å²) in [6.45, 7) is 5.90. The van der Waals surface area contributed by atoms with Crippen molar-refractivity contribution < 1.29 is 9.59 Å². The molecular formula is C14H20N2O2S. The minimum absolute atomic E-state index is 0.0218. The van der Waals surface area contributed by atoms with Gasteiger partial charge < -0.3 is 10.2 Å². The molecule has 0 unspecified atom stereocenters. The highest BCUT2D eigenvalue weighted by Gasteiger charge is 2.20. The first-order valence-electron chi connectivity index (χ1n) is 6.68. The number of likely N-dealkylation sites (tertiary alicyclic amines) is 1. The molecule has 0 atom stereocenters. The number of carbonyl (C=O) groups excluding carboxylic acids is 2. The topological polar surface area (TPSA) is 49.4 Å². The zero-order valence-electron chi connectivity index (χ0n) is 11.4. The van der Waals surface area contributed by atoms with Gasteiger partial charge >= 0.3 is 0 Å². The normalized spacial score (nSPS) is 16.4. The maximum absolute atomic E-state index is 12.0. The van der Waals surface area contributed by atoms with Crippen molar-refractivity contribution >= 4 is 23.2 Å². The molecule has 2 rings (SSSR count). The lowest BCUT2D eigenvalue weighted by Crippen LogP contribution is -2.43. The maximum Gasteiger partial charge on any atom is 0.261 e. The number of hydrogen-bond donors (Lipinski definition) is 1. The van der Waals surface area contributed by atoms with Gasteiger partial charge in [0.2, 0.25) is 5.91 Å². The lowest BCUT2D eigenvalue weighted by atomic mass is 9.99. The molecule has 4 nitrogen and oxygen atoms in total. The summed E-state index contributed by atoms with van der Waals surface area (Å²) < 4.78 is 0. The van der Waals surface area contributed by atoms with Crippen LogP contribution in [-0.2, 0) is 4.79 Å². The van der Waals surface area contributed by atoms with E-state index < -0.39 is 0 Å². The molecule has 2 amide bonds. The molecular weight excluding hydrogens is 260 g/mol. The molecule has 1 aromatic heterocycles. The standard InChI is InChI=1S/C14H20N2O2S/c1-10-5-7-16(8-6-10)13(17)9-15-14(18)12-4-3-11(2)19-12/h3-4,10H,5-9H2,1-2H3,(H,15,18). The van der Waals surface area contributed by atoms with Gasteiger partial charge in [-0.05, 0) is 37.8 Å². The molecule has 5 heteroatoms. The predicted octanol–water partition coefficient (Wildman–Crippen LogP) is 2.04. The monoisotopic (exact) mass is 280 g/mol. The van der Waals surface area contributed by atoms with Gasteiger partial charge in [-0.2, -0.15) is 0 Å². The Bertz CT molecular complexity index is 462. The Morgan fingerprint density at radius 1 is 1.37 bits per heavy atom. The van der Waals surface area contributed by atoms with Crippen molar-refractivity contribution in [2.24, 2.45) is 5.92 Å². The zero-order valence-corrected chi connectivity index (χ0v) is 12.3. The van der Waals surface area contributed by atoms with Gasteiger partial charge in [0.05, 0.1) is 11.4 Å². The van der Waals surface area contributed by atoms with Crippen LogP contribution in [0.3, 0.4) is 0 Å². The van der Waals surface area contributed by atoms with Crippen LogP contribution in [0, 0.1) is 12.8 Å². The van der Waals surface area contributed by atoms with Gasteiger partial charge in [-0.3, -0.25) is 9.59 Å². The van der Waals surface area contributed by atoms with E-state index in [4.69, 9.17) is 0 Å². The Morgan fingerprint density at radius 3 is 2.63 bits per heavy atom. The van der Waals surface area contributed by atoms with Crippen LogP contribution in [0.4, 0.5) is 0 Å². The van der Waals surface area contributed by atoms with E-state index in [1.807, 2.05) is 17.9 Å². The molecule has 1 aromatic rings. The van der Waals surface area contributed by atoms with E-state index in [-0.39, 0.29) is 18.4 Å². The molecule has 104 valence electrons. The first-order valence-corrected chi connectivity index (χ1v) is 7.50. The smallest absolute Gasteiger partial charge is 0.261 e. The average Bonchev–Trinajstić information content (AvgIpc) is 2.83. The summed E-state index contributed by atoms with van der Waals surface area (Å²) in [6, 6.07) is 3.70. The first-order chi connectivity index (χ1) is 9.06. The van der Waals surface area contributed by atoms with Gasteiger partial charge in [-0.1, -0.05) is 6.92 Å². The molecule has 0 aliphatic carbocycles. The second kappa shape index (κ2) is 6.19. The third-order valence-electron chi connectivity index (χ3n) is 3.50. The molecule has 0 radical (unpaired) electrons. The molecule has 1 N–H and O–H groups in total. The Hall–Kier alpha value is -1.36. The molecule has 0 aromatic carbocycles. The van der Waals surface area contributed by atoms with Crippen LogP contribution in [0.15, 0.2) is 12.1 Å². The van der Waals surface area contributed by atoms with Crippen molar-refractivity contribution in [1.29, 1.82) is 0 Å². The summed E-state index contributed by atoms with van der Waals surface area (Å²) in [6.07, 6.45) is 2.12. The summed E-state index contributed by atoms with van der Waals surface area (Å²) in [5.74, 6) is 0.568. The summed E-state index contributed by atoms with van der Waals surface area (Å²) in [5, 5.41) is 2.70. The number of aryl methyl sites for hydroxylation is 1. The van der Waals surface area contributed by atoms with Gasteiger partial charge in [0, 0.05) is 18.0 Å². The van der Waals surface area contributed by atoms with Gasteiger partial charge in [0.25, 0.3) is 5.91 Å². The van der Waals surface area contributed by atoms with Gasteiger partial charge in [0.1, 0.15) is 0 Å². The minimum atomic E-state index is -0.156. The number of nitrogens with zero attached hydrogens (tertiary/aromatic N) is 1. The zero-order chi connectivity index (χ0) is 13.8. The summed E-state index contributed by atoms with van der Waals surface area (Å²) in [7, 11) is 0. The van der Waals surface area contributed by atoms with E-state index >= 15 is 0 Å². The highest BCUT2D eigenvalue weighted by Crippen LogP contribution is 2.16. The first kappa shape index (κ1) is 14.1. The summed E-state index contributed by atoms with van der Waals surface area (Å²) in [4.78, 5) is 27.4. The number of hydrogen-bond acceptors (Lipinski definition) is 3. The molecule has 1 fully saturated rings. The fourth-order valence-electron chi connectivity index (χ4n) is 2.17. The Labute approximate surface area is 117 Å². The molecule has 0 saturated carbocycles. The third-order valence-corrected chi connectivity index (χ3v) is 4.50. The number of piperidine rings is 1. The minimum Gasteiger partial charge on any atom is -0.342 e. The number of nitrogens with one attached hydrogen (secondary N) is 1. The lowest BCUT2D eigenvalue weighted by Gasteiger charge is -2.30. The van der Waals surface area contributed by atoms with Crippen LogP contribution in [0.2, 0.25) is 0 Å². The number of amides is 2. The average molecular weight is 280 g/mol. The molecule has 19 heavy (non-hydrogen) atoms. The number of rotatable bonds is 3. The van der Waals surface area contributed by atoms with Crippen molar-refractivity contribution in [3.05, 3.63) is 21.9 Å². The molecule has 1 aliphatic rings. The van der Waals surface area contributed by atoms with E-state index in [1.165, 1.54) is 11.3 Å². The van der Waals surface area contributed by atoms with Crippen molar-refractivity contribution in [3.63, 3.8) is 0 Å². The Kier molecular flexibility index (Phi) is 4.58. The highest BCUT2D eigenvalue weighted by molar-refractivity contribution is 7.13. The molecule has 0 spiro atoms. The highest BCUT2D eigenvalue weighted by atomic mass is 32.1. The van der Waals surface area contributed by atoms with Crippen LogP contribution >= 0.6 is 11.3 Å². The van der Waals surface area contributed by atoms with E-state index in [1.54, 1.807) is 6.07 Å². The van der Waals surface area contributed by atoms with Crippen molar-refractivity contribution in [2.75, 3.05) is 19.6 Å². The van der Waals surface area contributed by atoms with E-state index in [0.717, 1.165) is 30.8 Å². The molecule has 2 heterocycles. The SMILES string of the molecule is Cc1ccc(C(=O)NCC(=O)N2CCC(C)CC2)s1. The molecule has 1 saturated heterocycles. The van der Waals surface area contributed by atoms with Crippen LogP contribution < -0.4 is 5.32 Å². The molecule has 1 aliphatic heterocycles.